The Morgan fingerprint density at radius 3 is 2.76 bits per heavy atom. The summed E-state index contributed by atoms with van der Waals surface area (Å²) in [7, 11) is 0. The van der Waals surface area contributed by atoms with Gasteiger partial charge in [-0.1, -0.05) is 31.2 Å². The lowest BCUT2D eigenvalue weighted by atomic mass is 9.74. The Morgan fingerprint density at radius 1 is 1.10 bits per heavy atom. The van der Waals surface area contributed by atoms with Gasteiger partial charge in [0.05, 0.1) is 11.6 Å². The third kappa shape index (κ3) is 1.73. The normalized spacial score (nSPS) is 28.1. The number of ketones is 2. The first-order valence-electron chi connectivity index (χ1n) is 7.83. The number of benzene rings is 1. The van der Waals surface area contributed by atoms with Crippen LogP contribution in [-0.2, 0) is 16.0 Å². The molecule has 0 fully saturated rings. The fourth-order valence-electron chi connectivity index (χ4n) is 4.21. The molecule has 2 aliphatic heterocycles. The summed E-state index contributed by atoms with van der Waals surface area (Å²) in [6.45, 7) is 2.90. The van der Waals surface area contributed by atoms with E-state index < -0.39 is 0 Å². The second-order valence-electron chi connectivity index (χ2n) is 6.34. The summed E-state index contributed by atoms with van der Waals surface area (Å²) in [5, 5.41) is 0. The van der Waals surface area contributed by atoms with Crippen molar-refractivity contribution in [3.8, 4) is 0 Å². The Hall–Kier alpha value is -1.90. The van der Waals surface area contributed by atoms with Gasteiger partial charge in [-0.05, 0) is 30.4 Å². The van der Waals surface area contributed by atoms with Crippen LogP contribution in [0.5, 0.6) is 0 Å². The lowest BCUT2D eigenvalue weighted by Crippen LogP contribution is -2.47. The number of fused-ring (bicyclic) bond motifs is 4. The maximum absolute atomic E-state index is 12.7. The average molecular weight is 281 g/mol. The van der Waals surface area contributed by atoms with Crippen LogP contribution in [0.3, 0.4) is 0 Å². The molecule has 1 aliphatic carbocycles. The highest BCUT2D eigenvalue weighted by Gasteiger charge is 2.45. The van der Waals surface area contributed by atoms with Crippen molar-refractivity contribution >= 4 is 11.6 Å². The smallest absolute Gasteiger partial charge is 0.173 e. The van der Waals surface area contributed by atoms with Gasteiger partial charge in [-0.2, -0.15) is 0 Å². The van der Waals surface area contributed by atoms with Gasteiger partial charge >= 0.3 is 0 Å². The van der Waals surface area contributed by atoms with Crippen LogP contribution < -0.4 is 0 Å². The van der Waals surface area contributed by atoms with Crippen LogP contribution in [0.15, 0.2) is 35.5 Å². The highest BCUT2D eigenvalue weighted by molar-refractivity contribution is 6.22. The molecule has 0 radical (unpaired) electrons. The molecule has 0 N–H and O–H groups in total. The standard InChI is InChI=1S/C18H19NO2/c1-11-17-13-6-3-2-5-12(13)9-10-19(17)14-7-4-8-15(20)16(14)18(11)21/h2-3,5-6,11,17H,4,7-10H2,1H3/t11-,17-/m0/s1. The van der Waals surface area contributed by atoms with E-state index in [1.165, 1.54) is 11.1 Å². The summed E-state index contributed by atoms with van der Waals surface area (Å²) in [4.78, 5) is 27.3. The Kier molecular flexibility index (Phi) is 2.78. The van der Waals surface area contributed by atoms with Crippen LogP contribution in [0.2, 0.25) is 0 Å². The minimum atomic E-state index is -0.132. The molecule has 0 spiro atoms. The van der Waals surface area contributed by atoms with E-state index in [-0.39, 0.29) is 23.5 Å². The summed E-state index contributed by atoms with van der Waals surface area (Å²) in [6, 6.07) is 8.55. The largest absolute Gasteiger partial charge is 0.366 e. The van der Waals surface area contributed by atoms with E-state index in [9.17, 15) is 9.59 Å². The fraction of sp³-hybridized carbons (Fsp3) is 0.444. The lowest BCUT2D eigenvalue weighted by molar-refractivity contribution is -0.127. The Morgan fingerprint density at radius 2 is 1.90 bits per heavy atom. The first-order chi connectivity index (χ1) is 10.2. The van der Waals surface area contributed by atoms with Gasteiger partial charge in [0, 0.05) is 24.6 Å². The van der Waals surface area contributed by atoms with Gasteiger partial charge < -0.3 is 4.90 Å². The molecule has 2 heterocycles. The van der Waals surface area contributed by atoms with Gasteiger partial charge in [0.1, 0.15) is 0 Å². The average Bonchev–Trinajstić information content (AvgIpc) is 2.51. The summed E-state index contributed by atoms with van der Waals surface area (Å²) in [5.74, 6) is -0.00897. The van der Waals surface area contributed by atoms with Gasteiger partial charge in [0.25, 0.3) is 0 Å². The molecule has 0 saturated carbocycles. The summed E-state index contributed by atoms with van der Waals surface area (Å²) in [5.41, 5.74) is 4.16. The summed E-state index contributed by atoms with van der Waals surface area (Å²) >= 11 is 0. The highest BCUT2D eigenvalue weighted by Crippen LogP contribution is 2.45. The highest BCUT2D eigenvalue weighted by atomic mass is 16.2. The van der Waals surface area contributed by atoms with Gasteiger partial charge in [-0.25, -0.2) is 0 Å². The SMILES string of the molecule is C[C@@H]1C(=O)C2=C(CCCC2=O)N2CCc3ccccc3[C@H]12. The van der Waals surface area contributed by atoms with Crippen LogP contribution in [0, 0.1) is 5.92 Å². The molecule has 3 aliphatic rings. The Labute approximate surface area is 124 Å². The topological polar surface area (TPSA) is 37.4 Å². The zero-order valence-corrected chi connectivity index (χ0v) is 12.3. The molecule has 0 unspecified atom stereocenters. The van der Waals surface area contributed by atoms with E-state index in [4.69, 9.17) is 0 Å². The number of carbonyl (C=O) groups is 2. The number of hydrogen-bond donors (Lipinski definition) is 0. The predicted molar refractivity (Wildman–Crippen MR) is 79.6 cm³/mol. The van der Waals surface area contributed by atoms with E-state index in [1.54, 1.807) is 0 Å². The molecule has 0 saturated heterocycles. The van der Waals surface area contributed by atoms with Crippen LogP contribution in [-0.4, -0.2) is 23.0 Å². The van der Waals surface area contributed by atoms with Gasteiger partial charge in [-0.15, -0.1) is 0 Å². The molecule has 2 atom stereocenters. The van der Waals surface area contributed by atoms with Crippen LogP contribution in [0.4, 0.5) is 0 Å². The van der Waals surface area contributed by atoms with E-state index in [2.05, 4.69) is 29.2 Å². The van der Waals surface area contributed by atoms with Crippen LogP contribution >= 0.6 is 0 Å². The summed E-state index contributed by atoms with van der Waals surface area (Å²) < 4.78 is 0. The maximum Gasteiger partial charge on any atom is 0.173 e. The molecule has 4 rings (SSSR count). The van der Waals surface area contributed by atoms with Gasteiger partial charge in [0.2, 0.25) is 0 Å². The van der Waals surface area contributed by atoms with Crippen molar-refractivity contribution in [2.75, 3.05) is 6.54 Å². The minimum Gasteiger partial charge on any atom is -0.366 e. The molecule has 1 aromatic carbocycles. The number of Topliss-reactive ketones (excluding diaryl/α,β-unsaturated/α-hetero) is 2. The second kappa shape index (κ2) is 4.55. The lowest BCUT2D eigenvalue weighted by Gasteiger charge is -2.47. The van der Waals surface area contributed by atoms with Crippen LogP contribution in [0.25, 0.3) is 0 Å². The van der Waals surface area contributed by atoms with E-state index in [0.29, 0.717) is 12.0 Å². The zero-order chi connectivity index (χ0) is 14.6. The van der Waals surface area contributed by atoms with Crippen molar-refractivity contribution in [2.24, 2.45) is 5.92 Å². The van der Waals surface area contributed by atoms with Crippen molar-refractivity contribution in [3.63, 3.8) is 0 Å². The molecular weight excluding hydrogens is 262 g/mol. The molecule has 21 heavy (non-hydrogen) atoms. The zero-order valence-electron chi connectivity index (χ0n) is 12.3. The second-order valence-corrected chi connectivity index (χ2v) is 6.34. The monoisotopic (exact) mass is 281 g/mol. The van der Waals surface area contributed by atoms with E-state index >= 15 is 0 Å². The fourth-order valence-corrected chi connectivity index (χ4v) is 4.21. The van der Waals surface area contributed by atoms with Gasteiger partial charge in [-0.3, -0.25) is 9.59 Å². The third-order valence-electron chi connectivity index (χ3n) is 5.20. The predicted octanol–water partition coefficient (Wildman–Crippen LogP) is 2.81. The molecule has 0 aromatic heterocycles. The van der Waals surface area contributed by atoms with Crippen LogP contribution in [0.1, 0.15) is 43.4 Å². The van der Waals surface area contributed by atoms with E-state index in [1.807, 2.05) is 6.92 Å². The molecule has 0 bridgehead atoms. The first-order valence-corrected chi connectivity index (χ1v) is 7.83. The summed E-state index contributed by atoms with van der Waals surface area (Å²) in [6.07, 6.45) is 3.29. The molecule has 3 heteroatoms. The third-order valence-corrected chi connectivity index (χ3v) is 5.20. The Balaban J connectivity index is 1.88. The molecule has 108 valence electrons. The number of carbonyl (C=O) groups excluding carboxylic acids is 2. The number of nitrogens with zero attached hydrogens (tertiary/aromatic N) is 1. The van der Waals surface area contributed by atoms with Crippen molar-refractivity contribution in [1.29, 1.82) is 0 Å². The quantitative estimate of drug-likeness (QED) is 0.686. The van der Waals surface area contributed by atoms with Crippen molar-refractivity contribution < 1.29 is 9.59 Å². The van der Waals surface area contributed by atoms with Crippen molar-refractivity contribution in [3.05, 3.63) is 46.7 Å². The van der Waals surface area contributed by atoms with Crippen molar-refractivity contribution in [1.82, 2.24) is 4.90 Å². The Bertz CT molecular complexity index is 674. The van der Waals surface area contributed by atoms with Crippen molar-refractivity contribution in [2.45, 2.75) is 38.6 Å². The first kappa shape index (κ1) is 12.8. The number of allylic oxidation sites excluding steroid dienone is 2. The molecule has 0 amide bonds. The molecule has 3 nitrogen and oxygen atoms in total. The van der Waals surface area contributed by atoms with Gasteiger partial charge in [0.15, 0.2) is 11.6 Å². The molecular formula is C18H19NO2. The molecule has 1 aromatic rings. The van der Waals surface area contributed by atoms with E-state index in [0.717, 1.165) is 31.5 Å². The minimum absolute atomic E-state index is 0.0606. The maximum atomic E-state index is 12.7. The number of rotatable bonds is 0. The number of hydrogen-bond acceptors (Lipinski definition) is 3.